The molecular weight excluding hydrogens is 288 g/mol. The summed E-state index contributed by atoms with van der Waals surface area (Å²) in [6.07, 6.45) is 1.27. The monoisotopic (exact) mass is 312 g/mol. The molecule has 0 unspecified atom stereocenters. The Hall–Kier alpha value is -1.84. The van der Waals surface area contributed by atoms with Crippen molar-refractivity contribution in [3.63, 3.8) is 0 Å². The molecule has 1 saturated heterocycles. The molecular formula is C20H24O3. The fourth-order valence-corrected chi connectivity index (χ4v) is 3.32. The molecule has 3 rings (SSSR count). The molecule has 0 aromatic heterocycles. The van der Waals surface area contributed by atoms with E-state index in [-0.39, 0.29) is 5.41 Å². The van der Waals surface area contributed by atoms with Crippen LogP contribution in [-0.4, -0.2) is 24.4 Å². The quantitative estimate of drug-likeness (QED) is 0.915. The molecule has 0 saturated carbocycles. The molecule has 1 aliphatic rings. The average Bonchev–Trinajstić information content (AvgIpc) is 2.61. The van der Waals surface area contributed by atoms with Gasteiger partial charge in [-0.3, -0.25) is 0 Å². The van der Waals surface area contributed by atoms with Crippen molar-refractivity contribution in [2.24, 2.45) is 0 Å². The summed E-state index contributed by atoms with van der Waals surface area (Å²) >= 11 is 0. The maximum absolute atomic E-state index is 10.4. The second-order valence-corrected chi connectivity index (χ2v) is 6.25. The van der Waals surface area contributed by atoms with Crippen LogP contribution in [0.2, 0.25) is 0 Å². The van der Waals surface area contributed by atoms with Crippen LogP contribution in [-0.2, 0) is 16.8 Å². The van der Waals surface area contributed by atoms with Crippen LogP contribution in [0.5, 0.6) is 5.75 Å². The lowest BCUT2D eigenvalue weighted by Crippen LogP contribution is -2.42. The first-order valence-electron chi connectivity index (χ1n) is 8.24. The highest BCUT2D eigenvalue weighted by molar-refractivity contribution is 5.35. The third kappa shape index (κ3) is 3.57. The number of hydrogen-bond donors (Lipinski definition) is 1. The van der Waals surface area contributed by atoms with Gasteiger partial charge in [-0.2, -0.15) is 0 Å². The minimum Gasteiger partial charge on any atom is -0.489 e. The minimum atomic E-state index is -0.407. The fourth-order valence-electron chi connectivity index (χ4n) is 3.32. The van der Waals surface area contributed by atoms with Crippen LogP contribution in [0.1, 0.15) is 30.9 Å². The zero-order valence-electron chi connectivity index (χ0n) is 13.6. The SMILES string of the molecule is C[C@@H](O)C1(c2cccc(OCc3ccccc3)c2)CCOCC1. The number of ether oxygens (including phenoxy) is 2. The zero-order valence-corrected chi connectivity index (χ0v) is 13.6. The van der Waals surface area contributed by atoms with Gasteiger partial charge in [0.1, 0.15) is 12.4 Å². The summed E-state index contributed by atoms with van der Waals surface area (Å²) in [4.78, 5) is 0. The third-order valence-electron chi connectivity index (χ3n) is 4.84. The second kappa shape index (κ2) is 7.16. The number of hydrogen-bond acceptors (Lipinski definition) is 3. The first-order valence-corrected chi connectivity index (χ1v) is 8.24. The lowest BCUT2D eigenvalue weighted by Gasteiger charge is -2.40. The molecule has 0 radical (unpaired) electrons. The van der Waals surface area contributed by atoms with E-state index in [0.717, 1.165) is 29.7 Å². The van der Waals surface area contributed by atoms with E-state index in [1.54, 1.807) is 0 Å². The third-order valence-corrected chi connectivity index (χ3v) is 4.84. The van der Waals surface area contributed by atoms with Gasteiger partial charge in [-0.25, -0.2) is 0 Å². The summed E-state index contributed by atoms with van der Waals surface area (Å²) in [5.41, 5.74) is 2.06. The average molecular weight is 312 g/mol. The Morgan fingerprint density at radius 2 is 1.83 bits per heavy atom. The van der Waals surface area contributed by atoms with Gasteiger partial charge in [0, 0.05) is 18.6 Å². The molecule has 1 heterocycles. The lowest BCUT2D eigenvalue weighted by atomic mass is 9.70. The predicted molar refractivity (Wildman–Crippen MR) is 90.6 cm³/mol. The Kier molecular flexibility index (Phi) is 4.99. The first kappa shape index (κ1) is 16.0. The number of aliphatic hydroxyl groups is 1. The molecule has 3 nitrogen and oxygen atoms in total. The molecule has 122 valence electrons. The first-order chi connectivity index (χ1) is 11.2. The molecule has 0 aliphatic carbocycles. The topological polar surface area (TPSA) is 38.7 Å². The summed E-state index contributed by atoms with van der Waals surface area (Å²) in [7, 11) is 0. The molecule has 1 atom stereocenters. The van der Waals surface area contributed by atoms with Gasteiger partial charge in [-0.1, -0.05) is 42.5 Å². The van der Waals surface area contributed by atoms with E-state index in [4.69, 9.17) is 9.47 Å². The highest BCUT2D eigenvalue weighted by Crippen LogP contribution is 2.39. The zero-order chi connectivity index (χ0) is 16.1. The van der Waals surface area contributed by atoms with E-state index < -0.39 is 6.10 Å². The van der Waals surface area contributed by atoms with Crippen LogP contribution in [0.25, 0.3) is 0 Å². The van der Waals surface area contributed by atoms with Gasteiger partial charge in [0.2, 0.25) is 0 Å². The van der Waals surface area contributed by atoms with Crippen LogP contribution in [0.15, 0.2) is 54.6 Å². The Morgan fingerprint density at radius 1 is 1.09 bits per heavy atom. The Balaban J connectivity index is 1.78. The Labute approximate surface area is 137 Å². The van der Waals surface area contributed by atoms with Crippen molar-refractivity contribution in [1.29, 1.82) is 0 Å². The van der Waals surface area contributed by atoms with Crippen molar-refractivity contribution in [2.75, 3.05) is 13.2 Å². The van der Waals surface area contributed by atoms with Gasteiger partial charge in [-0.15, -0.1) is 0 Å². The number of benzene rings is 2. The molecule has 2 aromatic carbocycles. The van der Waals surface area contributed by atoms with Crippen molar-refractivity contribution < 1.29 is 14.6 Å². The Bertz CT molecular complexity index is 616. The van der Waals surface area contributed by atoms with Crippen molar-refractivity contribution in [1.82, 2.24) is 0 Å². The van der Waals surface area contributed by atoms with Crippen LogP contribution in [0, 0.1) is 0 Å². The van der Waals surface area contributed by atoms with Crippen molar-refractivity contribution in [2.45, 2.75) is 37.9 Å². The van der Waals surface area contributed by atoms with Crippen LogP contribution >= 0.6 is 0 Å². The minimum absolute atomic E-state index is 0.232. The standard InChI is InChI=1S/C20H24O3/c1-16(21)20(10-12-22-13-11-20)18-8-5-9-19(14-18)23-15-17-6-3-2-4-7-17/h2-9,14,16,21H,10-13,15H2,1H3/t16-/m1/s1. The van der Waals surface area contributed by atoms with Crippen molar-refractivity contribution in [3.8, 4) is 5.75 Å². The molecule has 23 heavy (non-hydrogen) atoms. The maximum Gasteiger partial charge on any atom is 0.120 e. The van der Waals surface area contributed by atoms with E-state index in [1.165, 1.54) is 0 Å². The highest BCUT2D eigenvalue weighted by Gasteiger charge is 2.39. The fraction of sp³-hybridized carbons (Fsp3) is 0.400. The van der Waals surface area contributed by atoms with E-state index in [9.17, 15) is 5.11 Å². The van der Waals surface area contributed by atoms with E-state index in [1.807, 2.05) is 37.3 Å². The van der Waals surface area contributed by atoms with E-state index in [2.05, 4.69) is 24.3 Å². The van der Waals surface area contributed by atoms with Gasteiger partial charge in [-0.05, 0) is 43.0 Å². The van der Waals surface area contributed by atoms with Gasteiger partial charge in [0.15, 0.2) is 0 Å². The van der Waals surface area contributed by atoms with E-state index >= 15 is 0 Å². The van der Waals surface area contributed by atoms with Crippen molar-refractivity contribution >= 4 is 0 Å². The molecule has 0 amide bonds. The maximum atomic E-state index is 10.4. The summed E-state index contributed by atoms with van der Waals surface area (Å²) in [6, 6.07) is 18.3. The van der Waals surface area contributed by atoms with Crippen LogP contribution in [0.3, 0.4) is 0 Å². The van der Waals surface area contributed by atoms with Crippen molar-refractivity contribution in [3.05, 3.63) is 65.7 Å². The van der Waals surface area contributed by atoms with Gasteiger partial charge >= 0.3 is 0 Å². The largest absolute Gasteiger partial charge is 0.489 e. The lowest BCUT2D eigenvalue weighted by molar-refractivity contribution is -0.00847. The predicted octanol–water partition coefficient (Wildman–Crippen LogP) is 3.69. The Morgan fingerprint density at radius 3 is 2.52 bits per heavy atom. The normalized spacial score (nSPS) is 18.3. The highest BCUT2D eigenvalue weighted by atomic mass is 16.5. The van der Waals surface area contributed by atoms with E-state index in [0.29, 0.717) is 19.8 Å². The molecule has 2 aromatic rings. The summed E-state index contributed by atoms with van der Waals surface area (Å²) < 4.78 is 11.4. The van der Waals surface area contributed by atoms with Gasteiger partial charge < -0.3 is 14.6 Å². The van der Waals surface area contributed by atoms with Crippen LogP contribution in [0.4, 0.5) is 0 Å². The molecule has 0 bridgehead atoms. The number of rotatable bonds is 5. The second-order valence-electron chi connectivity index (χ2n) is 6.25. The molecule has 3 heteroatoms. The summed E-state index contributed by atoms with van der Waals surface area (Å²) in [6.45, 7) is 3.82. The number of aliphatic hydroxyl groups excluding tert-OH is 1. The summed E-state index contributed by atoms with van der Waals surface area (Å²) in [5.74, 6) is 0.845. The smallest absolute Gasteiger partial charge is 0.120 e. The molecule has 1 fully saturated rings. The summed E-state index contributed by atoms with van der Waals surface area (Å²) in [5, 5.41) is 10.4. The molecule has 1 aliphatic heterocycles. The van der Waals surface area contributed by atoms with Gasteiger partial charge in [0.05, 0.1) is 6.10 Å². The molecule has 1 N–H and O–H groups in total. The van der Waals surface area contributed by atoms with Crippen LogP contribution < -0.4 is 4.74 Å². The molecule has 0 spiro atoms. The van der Waals surface area contributed by atoms with Gasteiger partial charge in [0.25, 0.3) is 0 Å².